The monoisotopic (exact) mass is 376 g/mol. The standard InChI is InChI=1S/C19H21ClN2O4/c1-12-6-13(2)8-16(7-12)26-11-19(24)22-21-18(23)10-25-15-4-5-17(20)14(3)9-15/h4-9H,10-11H2,1-3H3,(H,21,23)(H,22,24). The number of benzene rings is 2. The number of carbonyl (C=O) groups excluding carboxylic acids is 2. The number of hydrazine groups is 1. The van der Waals surface area contributed by atoms with Gasteiger partial charge in [-0.3, -0.25) is 20.4 Å². The zero-order valence-corrected chi connectivity index (χ0v) is 15.6. The van der Waals surface area contributed by atoms with Gasteiger partial charge in [0.25, 0.3) is 11.8 Å². The highest BCUT2D eigenvalue weighted by atomic mass is 35.5. The van der Waals surface area contributed by atoms with Gasteiger partial charge in [0.05, 0.1) is 0 Å². The smallest absolute Gasteiger partial charge is 0.276 e. The molecular weight excluding hydrogens is 356 g/mol. The molecule has 0 aromatic heterocycles. The summed E-state index contributed by atoms with van der Waals surface area (Å²) in [5.74, 6) is 0.161. The van der Waals surface area contributed by atoms with Crippen molar-refractivity contribution >= 4 is 23.4 Å². The number of aryl methyl sites for hydroxylation is 3. The number of hydrogen-bond acceptors (Lipinski definition) is 4. The van der Waals surface area contributed by atoms with Crippen molar-refractivity contribution in [3.63, 3.8) is 0 Å². The van der Waals surface area contributed by atoms with Crippen LogP contribution in [0.25, 0.3) is 0 Å². The van der Waals surface area contributed by atoms with E-state index < -0.39 is 11.8 Å². The average Bonchev–Trinajstić information content (AvgIpc) is 2.58. The maximum atomic E-state index is 11.7. The molecule has 6 nitrogen and oxygen atoms in total. The second-order valence-corrected chi connectivity index (χ2v) is 6.32. The van der Waals surface area contributed by atoms with Crippen LogP contribution in [0.3, 0.4) is 0 Å². The number of carbonyl (C=O) groups is 2. The predicted octanol–water partition coefficient (Wildman–Crippen LogP) is 2.87. The Hall–Kier alpha value is -2.73. The number of ether oxygens (including phenoxy) is 2. The fraction of sp³-hybridized carbons (Fsp3) is 0.263. The summed E-state index contributed by atoms with van der Waals surface area (Å²) in [5.41, 5.74) is 7.48. The average molecular weight is 377 g/mol. The molecule has 0 radical (unpaired) electrons. The van der Waals surface area contributed by atoms with Crippen LogP contribution in [-0.4, -0.2) is 25.0 Å². The van der Waals surface area contributed by atoms with Gasteiger partial charge >= 0.3 is 0 Å². The fourth-order valence-corrected chi connectivity index (χ4v) is 2.35. The fourth-order valence-electron chi connectivity index (χ4n) is 2.23. The summed E-state index contributed by atoms with van der Waals surface area (Å²) in [4.78, 5) is 23.5. The quantitative estimate of drug-likeness (QED) is 0.760. The van der Waals surface area contributed by atoms with Crippen LogP contribution in [0.15, 0.2) is 36.4 Å². The van der Waals surface area contributed by atoms with E-state index in [-0.39, 0.29) is 13.2 Å². The summed E-state index contributed by atoms with van der Waals surface area (Å²) >= 11 is 5.92. The Balaban J connectivity index is 1.71. The molecule has 0 unspecified atom stereocenters. The molecule has 0 aliphatic carbocycles. The Morgan fingerprint density at radius 3 is 1.92 bits per heavy atom. The largest absolute Gasteiger partial charge is 0.484 e. The molecular formula is C19H21ClN2O4. The molecule has 0 aliphatic heterocycles. The molecule has 0 fully saturated rings. The van der Waals surface area contributed by atoms with Crippen LogP contribution in [0, 0.1) is 20.8 Å². The highest BCUT2D eigenvalue weighted by Gasteiger charge is 2.07. The van der Waals surface area contributed by atoms with Gasteiger partial charge in [0, 0.05) is 5.02 Å². The van der Waals surface area contributed by atoms with Crippen molar-refractivity contribution in [1.82, 2.24) is 10.9 Å². The van der Waals surface area contributed by atoms with E-state index in [9.17, 15) is 9.59 Å². The van der Waals surface area contributed by atoms with Gasteiger partial charge in [-0.15, -0.1) is 0 Å². The Bertz CT molecular complexity index is 788. The summed E-state index contributed by atoms with van der Waals surface area (Å²) < 4.78 is 10.7. The van der Waals surface area contributed by atoms with Gasteiger partial charge in [0.2, 0.25) is 0 Å². The van der Waals surface area contributed by atoms with Gasteiger partial charge in [-0.25, -0.2) is 0 Å². The third-order valence-electron chi connectivity index (χ3n) is 3.41. The molecule has 2 aromatic carbocycles. The number of nitrogens with one attached hydrogen (secondary N) is 2. The molecule has 2 aromatic rings. The third kappa shape index (κ3) is 6.29. The molecule has 0 saturated heterocycles. The van der Waals surface area contributed by atoms with Crippen molar-refractivity contribution in [2.24, 2.45) is 0 Å². The zero-order chi connectivity index (χ0) is 19.1. The maximum absolute atomic E-state index is 11.7. The molecule has 0 heterocycles. The van der Waals surface area contributed by atoms with Gasteiger partial charge in [-0.1, -0.05) is 17.7 Å². The Morgan fingerprint density at radius 1 is 0.846 bits per heavy atom. The normalized spacial score (nSPS) is 10.2. The number of halogens is 1. The Kier molecular flexibility index (Phi) is 6.86. The summed E-state index contributed by atoms with van der Waals surface area (Å²) in [5, 5.41) is 0.623. The molecule has 26 heavy (non-hydrogen) atoms. The van der Waals surface area contributed by atoms with E-state index in [1.807, 2.05) is 39.0 Å². The van der Waals surface area contributed by atoms with Crippen LogP contribution in [0.5, 0.6) is 11.5 Å². The Morgan fingerprint density at radius 2 is 1.38 bits per heavy atom. The van der Waals surface area contributed by atoms with Gasteiger partial charge in [0.15, 0.2) is 13.2 Å². The summed E-state index contributed by atoms with van der Waals surface area (Å²) in [7, 11) is 0. The molecule has 0 spiro atoms. The lowest BCUT2D eigenvalue weighted by Gasteiger charge is -2.11. The lowest BCUT2D eigenvalue weighted by molar-refractivity contribution is -0.131. The maximum Gasteiger partial charge on any atom is 0.276 e. The number of amides is 2. The SMILES string of the molecule is Cc1cc(C)cc(OCC(=O)NNC(=O)COc2ccc(Cl)c(C)c2)c1. The van der Waals surface area contributed by atoms with E-state index in [0.717, 1.165) is 16.7 Å². The lowest BCUT2D eigenvalue weighted by Crippen LogP contribution is -2.45. The highest BCUT2D eigenvalue weighted by molar-refractivity contribution is 6.31. The second kappa shape index (κ2) is 9.10. The van der Waals surface area contributed by atoms with Crippen molar-refractivity contribution < 1.29 is 19.1 Å². The van der Waals surface area contributed by atoms with Crippen LogP contribution in [0.2, 0.25) is 5.02 Å². The lowest BCUT2D eigenvalue weighted by atomic mass is 10.1. The molecule has 2 amide bonds. The van der Waals surface area contributed by atoms with Crippen LogP contribution >= 0.6 is 11.6 Å². The summed E-state index contributed by atoms with van der Waals surface area (Å²) in [6.07, 6.45) is 0. The van der Waals surface area contributed by atoms with Gasteiger partial charge in [-0.2, -0.15) is 0 Å². The minimum Gasteiger partial charge on any atom is -0.484 e. The minimum absolute atomic E-state index is 0.208. The van der Waals surface area contributed by atoms with E-state index in [2.05, 4.69) is 10.9 Å². The first kappa shape index (κ1) is 19.6. The molecule has 7 heteroatoms. The molecule has 0 bridgehead atoms. The number of hydrogen-bond donors (Lipinski definition) is 2. The van der Waals surface area contributed by atoms with E-state index in [1.54, 1.807) is 18.2 Å². The van der Waals surface area contributed by atoms with Gasteiger partial charge < -0.3 is 9.47 Å². The molecule has 0 atom stereocenters. The van der Waals surface area contributed by atoms with E-state index in [1.165, 1.54) is 0 Å². The van der Waals surface area contributed by atoms with Gasteiger partial charge in [0.1, 0.15) is 11.5 Å². The van der Waals surface area contributed by atoms with E-state index in [0.29, 0.717) is 16.5 Å². The van der Waals surface area contributed by atoms with E-state index in [4.69, 9.17) is 21.1 Å². The Labute approximate surface area is 157 Å². The summed E-state index contributed by atoms with van der Waals surface area (Å²) in [6, 6.07) is 10.8. The van der Waals surface area contributed by atoms with Crippen molar-refractivity contribution in [3.05, 3.63) is 58.1 Å². The molecule has 138 valence electrons. The summed E-state index contributed by atoms with van der Waals surface area (Å²) in [6.45, 7) is 5.29. The topological polar surface area (TPSA) is 76.7 Å². The number of rotatable bonds is 6. The second-order valence-electron chi connectivity index (χ2n) is 5.91. The molecule has 0 aliphatic rings. The van der Waals surface area contributed by atoms with E-state index >= 15 is 0 Å². The first-order valence-electron chi connectivity index (χ1n) is 8.01. The van der Waals surface area contributed by atoms with Crippen molar-refractivity contribution in [2.45, 2.75) is 20.8 Å². The van der Waals surface area contributed by atoms with Gasteiger partial charge in [-0.05, 0) is 67.8 Å². The molecule has 2 rings (SSSR count). The first-order valence-corrected chi connectivity index (χ1v) is 8.39. The highest BCUT2D eigenvalue weighted by Crippen LogP contribution is 2.20. The first-order chi connectivity index (χ1) is 12.3. The predicted molar refractivity (Wildman–Crippen MR) is 99.4 cm³/mol. The van der Waals surface area contributed by atoms with Crippen molar-refractivity contribution in [2.75, 3.05) is 13.2 Å². The third-order valence-corrected chi connectivity index (χ3v) is 3.83. The van der Waals surface area contributed by atoms with Crippen molar-refractivity contribution in [3.8, 4) is 11.5 Å². The van der Waals surface area contributed by atoms with Crippen LogP contribution in [0.4, 0.5) is 0 Å². The van der Waals surface area contributed by atoms with Crippen molar-refractivity contribution in [1.29, 1.82) is 0 Å². The van der Waals surface area contributed by atoms with Crippen LogP contribution in [-0.2, 0) is 9.59 Å². The molecule has 2 N–H and O–H groups in total. The van der Waals surface area contributed by atoms with Crippen LogP contribution < -0.4 is 20.3 Å². The zero-order valence-electron chi connectivity index (χ0n) is 14.9. The minimum atomic E-state index is -0.489. The molecule has 0 saturated carbocycles. The van der Waals surface area contributed by atoms with Crippen LogP contribution in [0.1, 0.15) is 16.7 Å².